The number of hydrogen-bond acceptors (Lipinski definition) is 5. The molecule has 4 N–H and O–H groups in total. The summed E-state index contributed by atoms with van der Waals surface area (Å²) < 4.78 is 0. The van der Waals surface area contributed by atoms with Gasteiger partial charge in [-0.2, -0.15) is 0 Å². The zero-order chi connectivity index (χ0) is 23.2. The number of amides is 2. The van der Waals surface area contributed by atoms with Crippen molar-refractivity contribution in [2.75, 3.05) is 0 Å². The molecule has 1 aliphatic rings. The number of aliphatic hydroxyl groups excluding tert-OH is 1. The summed E-state index contributed by atoms with van der Waals surface area (Å²) in [6.45, 7) is 0. The first-order valence-corrected chi connectivity index (χ1v) is 11.0. The molecule has 33 heavy (non-hydrogen) atoms. The van der Waals surface area contributed by atoms with Crippen molar-refractivity contribution >= 4 is 11.8 Å². The van der Waals surface area contributed by atoms with Crippen LogP contribution >= 0.6 is 0 Å². The molecular weight excluding hydrogens is 420 g/mol. The second kappa shape index (κ2) is 10.2. The summed E-state index contributed by atoms with van der Waals surface area (Å²) in [4.78, 5) is 44.4. The van der Waals surface area contributed by atoms with Crippen molar-refractivity contribution in [3.05, 3.63) is 99.7 Å². The predicted octanol–water partition coefficient (Wildman–Crippen LogP) is 2.32. The average Bonchev–Trinajstić information content (AvgIpc) is 2.84. The van der Waals surface area contributed by atoms with Crippen LogP contribution in [0.3, 0.4) is 0 Å². The molecule has 2 aromatic carbocycles. The molecule has 0 spiro atoms. The van der Waals surface area contributed by atoms with Crippen LogP contribution < -0.4 is 16.2 Å². The van der Waals surface area contributed by atoms with Crippen LogP contribution in [0.25, 0.3) is 0 Å². The van der Waals surface area contributed by atoms with Gasteiger partial charge in [0.25, 0.3) is 17.4 Å². The van der Waals surface area contributed by atoms with Gasteiger partial charge in [0, 0.05) is 6.20 Å². The number of carbonyl (C=O) groups is 2. The Morgan fingerprint density at radius 2 is 1.55 bits per heavy atom. The molecule has 0 saturated heterocycles. The molecule has 0 radical (unpaired) electrons. The van der Waals surface area contributed by atoms with Gasteiger partial charge in [0.05, 0.1) is 18.2 Å². The third-order valence-corrected chi connectivity index (χ3v) is 5.85. The van der Waals surface area contributed by atoms with Gasteiger partial charge in [-0.1, -0.05) is 73.5 Å². The molecule has 8 nitrogen and oxygen atoms in total. The van der Waals surface area contributed by atoms with Crippen molar-refractivity contribution in [3.63, 3.8) is 0 Å². The van der Waals surface area contributed by atoms with Crippen LogP contribution in [0.4, 0.5) is 0 Å². The summed E-state index contributed by atoms with van der Waals surface area (Å²) >= 11 is 0. The van der Waals surface area contributed by atoms with E-state index in [2.05, 4.69) is 20.6 Å². The molecule has 1 fully saturated rings. The maximum atomic E-state index is 13.0. The average molecular weight is 447 g/mol. The van der Waals surface area contributed by atoms with Gasteiger partial charge in [0.2, 0.25) is 0 Å². The molecule has 0 bridgehead atoms. The quantitative estimate of drug-likeness (QED) is 0.463. The Kier molecular flexibility index (Phi) is 6.95. The maximum absolute atomic E-state index is 13.0. The van der Waals surface area contributed by atoms with E-state index in [1.165, 1.54) is 0 Å². The van der Waals surface area contributed by atoms with E-state index < -0.39 is 29.5 Å². The fourth-order valence-electron chi connectivity index (χ4n) is 4.05. The molecule has 3 aromatic rings. The number of H-pyrrole nitrogens is 1. The highest BCUT2D eigenvalue weighted by molar-refractivity contribution is 5.95. The van der Waals surface area contributed by atoms with Crippen molar-refractivity contribution in [2.45, 2.75) is 43.9 Å². The number of aliphatic hydroxyl groups is 1. The van der Waals surface area contributed by atoms with Crippen molar-refractivity contribution in [1.82, 2.24) is 20.6 Å². The van der Waals surface area contributed by atoms with E-state index in [0.29, 0.717) is 12.8 Å². The summed E-state index contributed by atoms with van der Waals surface area (Å²) in [7, 11) is 0. The number of nitrogens with one attached hydrogen (secondary N) is 3. The first kappa shape index (κ1) is 22.4. The van der Waals surface area contributed by atoms with Crippen LogP contribution in [-0.2, 0) is 0 Å². The third-order valence-electron chi connectivity index (χ3n) is 5.85. The lowest BCUT2D eigenvalue weighted by atomic mass is 9.92. The number of hydrogen-bond donors (Lipinski definition) is 4. The van der Waals surface area contributed by atoms with Crippen LogP contribution in [-0.4, -0.2) is 39.0 Å². The molecule has 1 aromatic heterocycles. The fraction of sp³-hybridized carbons (Fsp3) is 0.280. The van der Waals surface area contributed by atoms with Crippen molar-refractivity contribution in [1.29, 1.82) is 0 Å². The van der Waals surface area contributed by atoms with Crippen LogP contribution in [0.1, 0.15) is 63.8 Å². The Morgan fingerprint density at radius 1 is 0.939 bits per heavy atom. The Morgan fingerprint density at radius 3 is 2.12 bits per heavy atom. The molecular formula is C25H26N4O4. The van der Waals surface area contributed by atoms with E-state index in [9.17, 15) is 19.5 Å². The summed E-state index contributed by atoms with van der Waals surface area (Å²) in [5.41, 5.74) is 0.824. The smallest absolute Gasteiger partial charge is 0.287 e. The fourth-order valence-corrected chi connectivity index (χ4v) is 4.05. The highest BCUT2D eigenvalue weighted by atomic mass is 16.3. The van der Waals surface area contributed by atoms with Crippen molar-refractivity contribution in [2.24, 2.45) is 0 Å². The molecule has 1 heterocycles. The topological polar surface area (TPSA) is 124 Å². The monoisotopic (exact) mass is 446 g/mol. The minimum absolute atomic E-state index is 0.193. The minimum atomic E-state index is -0.711. The maximum Gasteiger partial charge on any atom is 0.287 e. The number of aromatic amines is 1. The number of rotatable bonds is 6. The van der Waals surface area contributed by atoms with E-state index >= 15 is 0 Å². The second-order valence-electron chi connectivity index (χ2n) is 8.13. The summed E-state index contributed by atoms with van der Waals surface area (Å²) in [5, 5.41) is 15.7. The number of carbonyl (C=O) groups excluding carboxylic acids is 2. The van der Waals surface area contributed by atoms with Gasteiger partial charge in [-0.3, -0.25) is 14.4 Å². The molecule has 8 heteroatoms. The highest BCUT2D eigenvalue weighted by Gasteiger charge is 2.26. The van der Waals surface area contributed by atoms with E-state index in [1.54, 1.807) is 0 Å². The lowest BCUT2D eigenvalue weighted by Gasteiger charge is -2.28. The lowest BCUT2D eigenvalue weighted by Crippen LogP contribution is -2.46. The summed E-state index contributed by atoms with van der Waals surface area (Å²) in [5.74, 6) is -1.38. The normalized spacial score (nSPS) is 18.0. The van der Waals surface area contributed by atoms with Gasteiger partial charge < -0.3 is 20.7 Å². The predicted molar refractivity (Wildman–Crippen MR) is 123 cm³/mol. The van der Waals surface area contributed by atoms with Gasteiger partial charge in [-0.25, -0.2) is 4.98 Å². The molecule has 2 amide bonds. The minimum Gasteiger partial charge on any atom is -0.391 e. The second-order valence-corrected chi connectivity index (χ2v) is 8.13. The van der Waals surface area contributed by atoms with Crippen LogP contribution in [0.5, 0.6) is 0 Å². The molecule has 2 atom stereocenters. The van der Waals surface area contributed by atoms with Gasteiger partial charge in [0.1, 0.15) is 5.56 Å². The zero-order valence-electron chi connectivity index (χ0n) is 18.0. The lowest BCUT2D eigenvalue weighted by molar-refractivity contribution is 0.0709. The molecule has 0 aliphatic heterocycles. The van der Waals surface area contributed by atoms with Gasteiger partial charge in [-0.15, -0.1) is 0 Å². The first-order valence-electron chi connectivity index (χ1n) is 11.0. The number of benzene rings is 2. The van der Waals surface area contributed by atoms with Gasteiger partial charge in [0.15, 0.2) is 5.82 Å². The first-order chi connectivity index (χ1) is 16.0. The SMILES string of the molecule is O=C(NC1CCCC[C@H]1O)c1ncc(C(=O)NC(c2ccccc2)c2ccccc2)c(=O)[nH]1. The molecule has 1 unspecified atom stereocenters. The largest absolute Gasteiger partial charge is 0.391 e. The van der Waals surface area contributed by atoms with Crippen LogP contribution in [0.15, 0.2) is 71.7 Å². The van der Waals surface area contributed by atoms with Crippen molar-refractivity contribution in [3.8, 4) is 0 Å². The summed E-state index contributed by atoms with van der Waals surface area (Å²) in [6.07, 6.45) is 3.60. The molecule has 1 aliphatic carbocycles. The Balaban J connectivity index is 1.52. The van der Waals surface area contributed by atoms with E-state index in [0.717, 1.165) is 30.2 Å². The Hall–Kier alpha value is -3.78. The van der Waals surface area contributed by atoms with Crippen molar-refractivity contribution < 1.29 is 14.7 Å². The highest BCUT2D eigenvalue weighted by Crippen LogP contribution is 2.22. The van der Waals surface area contributed by atoms with Crippen LogP contribution in [0, 0.1) is 0 Å². The van der Waals surface area contributed by atoms with E-state index in [1.807, 2.05) is 60.7 Å². The Bertz CT molecular complexity index is 1120. The zero-order valence-corrected chi connectivity index (χ0v) is 18.0. The Labute approximate surface area is 191 Å². The molecule has 1 saturated carbocycles. The summed E-state index contributed by atoms with van der Waals surface area (Å²) in [6, 6.07) is 18.0. The van der Waals surface area contributed by atoms with E-state index in [-0.39, 0.29) is 17.4 Å². The van der Waals surface area contributed by atoms with Gasteiger partial charge in [-0.05, 0) is 24.0 Å². The molecule has 4 rings (SSSR count). The molecule has 170 valence electrons. The van der Waals surface area contributed by atoms with Gasteiger partial charge >= 0.3 is 0 Å². The number of aromatic nitrogens is 2. The van der Waals surface area contributed by atoms with E-state index in [4.69, 9.17) is 0 Å². The third kappa shape index (κ3) is 5.35. The standard InChI is InChI=1S/C25H26N4O4/c30-20-14-8-7-13-19(20)27-25(33)22-26-15-18(24(32)29-22)23(31)28-21(16-9-3-1-4-10-16)17-11-5-2-6-12-17/h1-6,9-12,15,19-21,30H,7-8,13-14H2,(H,27,33)(H,28,31)(H,26,29,32)/t19?,20-/m1/s1. The van der Waals surface area contributed by atoms with Crippen LogP contribution in [0.2, 0.25) is 0 Å². The number of nitrogens with zero attached hydrogens (tertiary/aromatic N) is 1.